The van der Waals surface area contributed by atoms with E-state index in [1.165, 1.54) is 10.7 Å². The van der Waals surface area contributed by atoms with E-state index in [4.69, 9.17) is 4.74 Å². The Bertz CT molecular complexity index is 639. The Labute approximate surface area is 97.2 Å². The number of rotatable bonds is 2. The fourth-order valence-electron chi connectivity index (χ4n) is 1.56. The number of ether oxygens (including phenoxy) is 1. The first kappa shape index (κ1) is 11.4. The lowest BCUT2D eigenvalue weighted by molar-refractivity contribution is 0.0528. The first-order valence-corrected chi connectivity index (χ1v) is 5.30. The molecule has 0 aliphatic heterocycles. The lowest BCUT2D eigenvalue weighted by atomic mass is 10.2. The summed E-state index contributed by atoms with van der Waals surface area (Å²) in [5.41, 5.74) is 1.53. The Morgan fingerprint density at radius 2 is 2.24 bits per heavy atom. The molecule has 0 bridgehead atoms. The number of esters is 1. The molecule has 0 aliphatic carbocycles. The molecule has 6 heteroatoms. The average Bonchev–Trinajstić information content (AvgIpc) is 2.70. The lowest BCUT2D eigenvalue weighted by Gasteiger charge is -2.01. The molecule has 0 aromatic carbocycles. The van der Waals surface area contributed by atoms with Crippen LogP contribution in [0.15, 0.2) is 11.0 Å². The molecule has 2 aromatic heterocycles. The molecule has 6 nitrogen and oxygen atoms in total. The highest BCUT2D eigenvalue weighted by Crippen LogP contribution is 2.09. The van der Waals surface area contributed by atoms with E-state index in [9.17, 15) is 9.59 Å². The topological polar surface area (TPSA) is 76.5 Å². The van der Waals surface area contributed by atoms with Crippen molar-refractivity contribution in [2.75, 3.05) is 6.61 Å². The van der Waals surface area contributed by atoms with Crippen LogP contribution in [0.3, 0.4) is 0 Å². The number of aromatic nitrogens is 3. The molecular weight excluding hydrogens is 222 g/mol. The van der Waals surface area contributed by atoms with Crippen LogP contribution in [0.4, 0.5) is 0 Å². The molecular formula is C11H13N3O3. The highest BCUT2D eigenvalue weighted by molar-refractivity contribution is 5.95. The van der Waals surface area contributed by atoms with Crippen LogP contribution in [-0.4, -0.2) is 27.2 Å². The Hall–Kier alpha value is -2.11. The quantitative estimate of drug-likeness (QED) is 0.782. The summed E-state index contributed by atoms with van der Waals surface area (Å²) in [6, 6.07) is 0. The molecule has 0 aliphatic rings. The zero-order valence-corrected chi connectivity index (χ0v) is 9.90. The third kappa shape index (κ3) is 1.71. The van der Waals surface area contributed by atoms with Crippen LogP contribution in [0.5, 0.6) is 0 Å². The molecule has 0 unspecified atom stereocenters. The van der Waals surface area contributed by atoms with Gasteiger partial charge in [-0.1, -0.05) is 0 Å². The summed E-state index contributed by atoms with van der Waals surface area (Å²) in [5, 5.41) is 2.70. The molecule has 2 rings (SSSR count). The number of fused-ring (bicyclic) bond motifs is 1. The molecule has 2 aromatic rings. The van der Waals surface area contributed by atoms with E-state index in [2.05, 4.69) is 10.1 Å². The number of carbonyl (C=O) groups excluding carboxylic acids is 1. The van der Waals surface area contributed by atoms with E-state index in [0.717, 1.165) is 0 Å². The number of nitrogens with one attached hydrogen (secondary N) is 1. The van der Waals surface area contributed by atoms with Crippen LogP contribution in [0.2, 0.25) is 0 Å². The van der Waals surface area contributed by atoms with Crippen LogP contribution in [0.25, 0.3) is 5.65 Å². The minimum atomic E-state index is -0.485. The third-order valence-electron chi connectivity index (χ3n) is 2.63. The van der Waals surface area contributed by atoms with E-state index in [-0.39, 0.29) is 17.7 Å². The highest BCUT2D eigenvalue weighted by atomic mass is 16.5. The van der Waals surface area contributed by atoms with Crippen molar-refractivity contribution in [2.24, 2.45) is 0 Å². The third-order valence-corrected chi connectivity index (χ3v) is 2.63. The maximum Gasteiger partial charge on any atom is 0.343 e. The first-order valence-electron chi connectivity index (χ1n) is 5.30. The van der Waals surface area contributed by atoms with E-state index in [0.29, 0.717) is 16.9 Å². The molecule has 0 fully saturated rings. The average molecular weight is 235 g/mol. The van der Waals surface area contributed by atoms with Crippen molar-refractivity contribution in [3.8, 4) is 0 Å². The number of carbonyl (C=O) groups is 1. The summed E-state index contributed by atoms with van der Waals surface area (Å²) < 4.78 is 6.13. The van der Waals surface area contributed by atoms with Gasteiger partial charge in [-0.2, -0.15) is 0 Å². The Kier molecular flexibility index (Phi) is 2.71. The summed E-state index contributed by atoms with van der Waals surface area (Å²) in [6.45, 7) is 5.44. The maximum atomic E-state index is 11.9. The monoisotopic (exact) mass is 235 g/mol. The first-order chi connectivity index (χ1) is 8.06. The van der Waals surface area contributed by atoms with Crippen molar-refractivity contribution in [3.63, 3.8) is 0 Å². The van der Waals surface area contributed by atoms with Gasteiger partial charge < -0.3 is 4.74 Å². The highest BCUT2D eigenvalue weighted by Gasteiger charge is 2.17. The molecule has 0 saturated heterocycles. The second-order valence-corrected chi connectivity index (χ2v) is 3.69. The zero-order valence-electron chi connectivity index (χ0n) is 9.90. The van der Waals surface area contributed by atoms with Crippen LogP contribution >= 0.6 is 0 Å². The second-order valence-electron chi connectivity index (χ2n) is 3.69. The van der Waals surface area contributed by atoms with Crippen LogP contribution in [-0.2, 0) is 4.74 Å². The summed E-state index contributed by atoms with van der Waals surface area (Å²) in [4.78, 5) is 27.7. The van der Waals surface area contributed by atoms with Gasteiger partial charge in [0.05, 0.1) is 6.61 Å². The van der Waals surface area contributed by atoms with Gasteiger partial charge in [0.2, 0.25) is 0 Å². The Morgan fingerprint density at radius 3 is 2.88 bits per heavy atom. The van der Waals surface area contributed by atoms with E-state index in [1.807, 2.05) is 0 Å². The van der Waals surface area contributed by atoms with Gasteiger partial charge in [0.1, 0.15) is 5.56 Å². The number of H-pyrrole nitrogens is 1. The molecule has 90 valence electrons. The fraction of sp³-hybridized carbons (Fsp3) is 0.364. The Morgan fingerprint density at radius 1 is 1.53 bits per heavy atom. The standard InChI is InChI=1S/C11H13N3O3/c1-4-17-11(16)8-5-12-14-9(8)13-7(3)6(2)10(14)15/h5,12H,4H2,1-3H3. The molecule has 0 radical (unpaired) electrons. The molecule has 1 N–H and O–H groups in total. The normalized spacial score (nSPS) is 10.8. The van der Waals surface area contributed by atoms with Crippen molar-refractivity contribution < 1.29 is 9.53 Å². The van der Waals surface area contributed by atoms with Crippen LogP contribution in [0.1, 0.15) is 28.5 Å². The van der Waals surface area contributed by atoms with Crippen molar-refractivity contribution in [3.05, 3.63) is 33.4 Å². The smallest absolute Gasteiger partial charge is 0.343 e. The predicted octanol–water partition coefficient (Wildman–Crippen LogP) is 0.816. The van der Waals surface area contributed by atoms with Gasteiger partial charge in [-0.25, -0.2) is 14.3 Å². The van der Waals surface area contributed by atoms with E-state index in [1.54, 1.807) is 20.8 Å². The molecule has 0 amide bonds. The maximum absolute atomic E-state index is 11.9. The number of hydrogen-bond acceptors (Lipinski definition) is 4. The number of nitrogens with zero attached hydrogens (tertiary/aromatic N) is 2. The predicted molar refractivity (Wildman–Crippen MR) is 61.2 cm³/mol. The fourth-order valence-corrected chi connectivity index (χ4v) is 1.56. The number of aromatic amines is 1. The van der Waals surface area contributed by atoms with Crippen LogP contribution in [0, 0.1) is 13.8 Å². The molecule has 0 spiro atoms. The summed E-state index contributed by atoms with van der Waals surface area (Å²) in [6.07, 6.45) is 1.43. The lowest BCUT2D eigenvalue weighted by Crippen LogP contribution is -2.20. The van der Waals surface area contributed by atoms with Crippen molar-refractivity contribution in [1.29, 1.82) is 0 Å². The van der Waals surface area contributed by atoms with Gasteiger partial charge >= 0.3 is 5.97 Å². The molecule has 2 heterocycles. The van der Waals surface area contributed by atoms with Gasteiger partial charge in [-0.3, -0.25) is 9.89 Å². The molecule has 0 atom stereocenters. The number of hydrogen-bond donors (Lipinski definition) is 1. The summed E-state index contributed by atoms with van der Waals surface area (Å²) in [7, 11) is 0. The number of aryl methyl sites for hydroxylation is 1. The summed E-state index contributed by atoms with van der Waals surface area (Å²) in [5.74, 6) is -0.485. The minimum Gasteiger partial charge on any atom is -0.462 e. The SMILES string of the molecule is CCOC(=O)c1c[nH]n2c(=O)c(C)c(C)nc12. The Balaban J connectivity index is 2.70. The molecule has 0 saturated carbocycles. The minimum absolute atomic E-state index is 0.206. The summed E-state index contributed by atoms with van der Waals surface area (Å²) >= 11 is 0. The van der Waals surface area contributed by atoms with Crippen molar-refractivity contribution >= 4 is 11.6 Å². The van der Waals surface area contributed by atoms with Gasteiger partial charge in [-0.15, -0.1) is 0 Å². The van der Waals surface area contributed by atoms with Gasteiger partial charge in [-0.05, 0) is 20.8 Å². The van der Waals surface area contributed by atoms with Crippen LogP contribution < -0.4 is 5.56 Å². The van der Waals surface area contributed by atoms with E-state index >= 15 is 0 Å². The van der Waals surface area contributed by atoms with Crippen molar-refractivity contribution in [1.82, 2.24) is 14.6 Å². The van der Waals surface area contributed by atoms with Gasteiger partial charge in [0.25, 0.3) is 5.56 Å². The van der Waals surface area contributed by atoms with Gasteiger partial charge in [0.15, 0.2) is 5.65 Å². The zero-order chi connectivity index (χ0) is 12.6. The largest absolute Gasteiger partial charge is 0.462 e. The molecule has 17 heavy (non-hydrogen) atoms. The van der Waals surface area contributed by atoms with Gasteiger partial charge in [0, 0.05) is 17.5 Å². The second kappa shape index (κ2) is 4.04. The van der Waals surface area contributed by atoms with E-state index < -0.39 is 5.97 Å². The van der Waals surface area contributed by atoms with Crippen molar-refractivity contribution in [2.45, 2.75) is 20.8 Å².